The minimum absolute atomic E-state index is 0.353. The van der Waals surface area contributed by atoms with Crippen LogP contribution in [-0.2, 0) is 11.2 Å². The van der Waals surface area contributed by atoms with Crippen molar-refractivity contribution in [1.82, 2.24) is 9.88 Å². The van der Waals surface area contributed by atoms with Gasteiger partial charge in [0.2, 0.25) is 5.91 Å². The van der Waals surface area contributed by atoms with Crippen LogP contribution in [0, 0.1) is 25.2 Å². The molecule has 0 N–H and O–H groups in total. The van der Waals surface area contributed by atoms with Gasteiger partial charge in [0, 0.05) is 36.3 Å². The third kappa shape index (κ3) is 3.72. The zero-order valence-corrected chi connectivity index (χ0v) is 17.8. The molecule has 0 unspecified atom stereocenters. The molecule has 5 rings (SSSR count). The van der Waals surface area contributed by atoms with E-state index in [0.717, 1.165) is 44.5 Å². The monoisotopic (exact) mass is 388 g/mol. The molecule has 152 valence electrons. The standard InChI is InChI=1S/C26H32N2O/c1-18-4-6-20(7-5-18)15-21-14-19(2)27-24(16-21)22-8-12-28(13-9-22)25(29)23-17-26(23)10-3-11-26/h4-7,14,16,22-23H,3,8-13,15,17H2,1-2H3/t23-/m0/s1. The predicted octanol–water partition coefficient (Wildman–Crippen LogP) is 5.19. The van der Waals surface area contributed by atoms with Crippen molar-refractivity contribution in [1.29, 1.82) is 0 Å². The Balaban J connectivity index is 1.23. The minimum atomic E-state index is 0.353. The average Bonchev–Trinajstić information content (AvgIpc) is 3.46. The normalized spacial score (nSPS) is 23.1. The predicted molar refractivity (Wildman–Crippen MR) is 116 cm³/mol. The first-order valence-corrected chi connectivity index (χ1v) is 11.3. The van der Waals surface area contributed by atoms with Gasteiger partial charge < -0.3 is 4.90 Å². The van der Waals surface area contributed by atoms with Crippen LogP contribution < -0.4 is 0 Å². The first-order valence-electron chi connectivity index (χ1n) is 11.3. The number of likely N-dealkylation sites (tertiary alicyclic amines) is 1. The Bertz CT molecular complexity index is 905. The third-order valence-corrected chi connectivity index (χ3v) is 7.62. The van der Waals surface area contributed by atoms with Gasteiger partial charge in [0.25, 0.3) is 0 Å². The van der Waals surface area contributed by atoms with Crippen LogP contribution in [0.1, 0.15) is 72.5 Å². The number of carbonyl (C=O) groups is 1. The number of hydrogen-bond acceptors (Lipinski definition) is 2. The Hall–Kier alpha value is -2.16. The summed E-state index contributed by atoms with van der Waals surface area (Å²) in [6, 6.07) is 13.3. The van der Waals surface area contributed by atoms with E-state index in [0.29, 0.717) is 23.2 Å². The number of benzene rings is 1. The molecule has 1 aliphatic heterocycles. The second-order valence-electron chi connectivity index (χ2n) is 9.78. The number of aryl methyl sites for hydroxylation is 2. The van der Waals surface area contributed by atoms with Crippen molar-refractivity contribution in [3.8, 4) is 0 Å². The maximum Gasteiger partial charge on any atom is 0.226 e. The van der Waals surface area contributed by atoms with E-state index in [1.807, 2.05) is 0 Å². The summed E-state index contributed by atoms with van der Waals surface area (Å²) in [6.07, 6.45) is 8.12. The Morgan fingerprint density at radius 2 is 1.79 bits per heavy atom. The first-order chi connectivity index (χ1) is 14.0. The second kappa shape index (κ2) is 7.27. The van der Waals surface area contributed by atoms with Gasteiger partial charge in [0.15, 0.2) is 0 Å². The summed E-state index contributed by atoms with van der Waals surface area (Å²) in [7, 11) is 0. The van der Waals surface area contributed by atoms with Crippen molar-refractivity contribution < 1.29 is 4.79 Å². The molecule has 2 saturated carbocycles. The summed E-state index contributed by atoms with van der Waals surface area (Å²) in [5.74, 6) is 1.28. The summed E-state index contributed by atoms with van der Waals surface area (Å²) < 4.78 is 0. The van der Waals surface area contributed by atoms with Crippen molar-refractivity contribution in [3.05, 3.63) is 64.5 Å². The molecule has 0 bridgehead atoms. The van der Waals surface area contributed by atoms with Gasteiger partial charge in [-0.1, -0.05) is 36.2 Å². The maximum absolute atomic E-state index is 12.9. The average molecular weight is 389 g/mol. The number of carbonyl (C=O) groups excluding carboxylic acids is 1. The molecule has 3 aliphatic rings. The molecule has 1 spiro atoms. The van der Waals surface area contributed by atoms with Crippen LogP contribution in [0.25, 0.3) is 0 Å². The molecule has 0 radical (unpaired) electrons. The number of piperidine rings is 1. The SMILES string of the molecule is Cc1ccc(Cc2cc(C)nc(C3CCN(C(=O)[C@@H]4CC45CCC5)CC3)c2)cc1. The smallest absolute Gasteiger partial charge is 0.226 e. The Morgan fingerprint density at radius 3 is 2.41 bits per heavy atom. The van der Waals surface area contributed by atoms with Gasteiger partial charge in [-0.25, -0.2) is 0 Å². The van der Waals surface area contributed by atoms with Crippen molar-refractivity contribution >= 4 is 5.91 Å². The lowest BCUT2D eigenvalue weighted by atomic mass is 9.79. The van der Waals surface area contributed by atoms with E-state index in [1.165, 1.54) is 41.6 Å². The summed E-state index contributed by atoms with van der Waals surface area (Å²) in [5, 5.41) is 0. The van der Waals surface area contributed by atoms with E-state index in [4.69, 9.17) is 4.98 Å². The zero-order valence-electron chi connectivity index (χ0n) is 17.8. The molecule has 29 heavy (non-hydrogen) atoms. The van der Waals surface area contributed by atoms with Crippen molar-refractivity contribution in [2.75, 3.05) is 13.1 Å². The van der Waals surface area contributed by atoms with E-state index in [2.05, 4.69) is 55.1 Å². The molecule has 1 amide bonds. The topological polar surface area (TPSA) is 33.2 Å². The molecule has 2 aliphatic carbocycles. The van der Waals surface area contributed by atoms with Crippen LogP contribution in [0.15, 0.2) is 36.4 Å². The Morgan fingerprint density at radius 1 is 1.07 bits per heavy atom. The summed E-state index contributed by atoms with van der Waals surface area (Å²) in [4.78, 5) is 19.9. The minimum Gasteiger partial charge on any atom is -0.342 e. The maximum atomic E-state index is 12.9. The van der Waals surface area contributed by atoms with E-state index in [9.17, 15) is 4.79 Å². The highest BCUT2D eigenvalue weighted by atomic mass is 16.2. The van der Waals surface area contributed by atoms with Gasteiger partial charge in [0.05, 0.1) is 0 Å². The van der Waals surface area contributed by atoms with Crippen LogP contribution in [0.3, 0.4) is 0 Å². The number of aromatic nitrogens is 1. The van der Waals surface area contributed by atoms with E-state index < -0.39 is 0 Å². The molecule has 1 aromatic heterocycles. The highest BCUT2D eigenvalue weighted by Gasteiger charge is 2.61. The zero-order chi connectivity index (χ0) is 20.0. The molecule has 3 fully saturated rings. The number of rotatable bonds is 4. The quantitative estimate of drug-likeness (QED) is 0.722. The number of amides is 1. The molecule has 3 nitrogen and oxygen atoms in total. The van der Waals surface area contributed by atoms with Crippen molar-refractivity contribution in [3.63, 3.8) is 0 Å². The van der Waals surface area contributed by atoms with Gasteiger partial charge in [-0.3, -0.25) is 9.78 Å². The fourth-order valence-corrected chi connectivity index (χ4v) is 5.52. The van der Waals surface area contributed by atoms with Gasteiger partial charge in [-0.05, 0) is 81.0 Å². The number of nitrogens with zero attached hydrogens (tertiary/aromatic N) is 2. The summed E-state index contributed by atoms with van der Waals surface area (Å²) >= 11 is 0. The lowest BCUT2D eigenvalue weighted by Crippen LogP contribution is -2.40. The van der Waals surface area contributed by atoms with Gasteiger partial charge in [0.1, 0.15) is 0 Å². The van der Waals surface area contributed by atoms with Crippen LogP contribution in [-0.4, -0.2) is 28.9 Å². The van der Waals surface area contributed by atoms with Gasteiger partial charge in [-0.2, -0.15) is 0 Å². The van der Waals surface area contributed by atoms with Crippen LogP contribution in [0.4, 0.5) is 0 Å². The molecular formula is C26H32N2O. The summed E-state index contributed by atoms with van der Waals surface area (Å²) in [5.41, 5.74) is 6.77. The lowest BCUT2D eigenvalue weighted by Gasteiger charge is -2.34. The Labute approximate surface area is 174 Å². The lowest BCUT2D eigenvalue weighted by molar-refractivity contribution is -0.135. The highest BCUT2D eigenvalue weighted by molar-refractivity contribution is 5.83. The largest absolute Gasteiger partial charge is 0.342 e. The fourth-order valence-electron chi connectivity index (χ4n) is 5.52. The molecule has 2 aromatic rings. The molecule has 1 aromatic carbocycles. The van der Waals surface area contributed by atoms with E-state index in [1.54, 1.807) is 0 Å². The van der Waals surface area contributed by atoms with E-state index in [-0.39, 0.29) is 0 Å². The molecular weight excluding hydrogens is 356 g/mol. The van der Waals surface area contributed by atoms with E-state index >= 15 is 0 Å². The fraction of sp³-hybridized carbons (Fsp3) is 0.538. The van der Waals surface area contributed by atoms with Gasteiger partial charge in [-0.15, -0.1) is 0 Å². The second-order valence-corrected chi connectivity index (χ2v) is 9.78. The number of hydrogen-bond donors (Lipinski definition) is 0. The number of pyridine rings is 1. The highest BCUT2D eigenvalue weighted by Crippen LogP contribution is 2.66. The molecule has 1 atom stereocenters. The van der Waals surface area contributed by atoms with Crippen LogP contribution >= 0.6 is 0 Å². The first kappa shape index (κ1) is 18.8. The van der Waals surface area contributed by atoms with Crippen molar-refractivity contribution in [2.24, 2.45) is 11.3 Å². The third-order valence-electron chi connectivity index (χ3n) is 7.62. The van der Waals surface area contributed by atoms with Crippen LogP contribution in [0.2, 0.25) is 0 Å². The van der Waals surface area contributed by atoms with Crippen molar-refractivity contribution in [2.45, 2.75) is 64.7 Å². The molecule has 3 heteroatoms. The molecule has 1 saturated heterocycles. The Kier molecular flexibility index (Phi) is 4.72. The van der Waals surface area contributed by atoms with Gasteiger partial charge >= 0.3 is 0 Å². The summed E-state index contributed by atoms with van der Waals surface area (Å²) in [6.45, 7) is 6.04. The molecule has 2 heterocycles. The van der Waals surface area contributed by atoms with Crippen LogP contribution in [0.5, 0.6) is 0 Å².